The molecule has 0 radical (unpaired) electrons. The monoisotopic (exact) mass is 268 g/mol. The van der Waals surface area contributed by atoms with Crippen molar-refractivity contribution in [3.63, 3.8) is 0 Å². The molecule has 0 unspecified atom stereocenters. The Morgan fingerprint density at radius 1 is 0.950 bits per heavy atom. The number of carbonyl (C=O) groups is 2. The molecule has 20 heavy (non-hydrogen) atoms. The molecule has 0 spiro atoms. The van der Waals surface area contributed by atoms with Crippen LogP contribution < -0.4 is 4.74 Å². The quantitative estimate of drug-likeness (QED) is 0.777. The summed E-state index contributed by atoms with van der Waals surface area (Å²) in [6, 6.07) is 14.6. The number of ether oxygens (including phenoxy) is 1. The lowest BCUT2D eigenvalue weighted by Gasteiger charge is -2.11. The Kier molecular flexibility index (Phi) is 4.31. The third kappa shape index (κ3) is 3.32. The maximum Gasteiger partial charge on any atom is 0.163 e. The number of benzene rings is 2. The highest BCUT2D eigenvalue weighted by Gasteiger charge is 2.11. The van der Waals surface area contributed by atoms with Crippen molar-refractivity contribution in [2.75, 3.05) is 0 Å². The van der Waals surface area contributed by atoms with Crippen LogP contribution in [0.3, 0.4) is 0 Å². The van der Waals surface area contributed by atoms with E-state index < -0.39 is 0 Å². The number of hydrogen-bond acceptors (Lipinski definition) is 3. The first kappa shape index (κ1) is 14.0. The minimum absolute atomic E-state index is 0.0512. The van der Waals surface area contributed by atoms with Crippen molar-refractivity contribution in [3.05, 3.63) is 65.2 Å². The molecule has 0 bridgehead atoms. The standard InChI is InChI=1S/C17H16O3/c1-12(18)15-8-9-16(13(2)19)17(10-15)20-11-14-6-4-3-5-7-14/h3-10H,11H2,1-2H3. The first-order valence-electron chi connectivity index (χ1n) is 6.40. The summed E-state index contributed by atoms with van der Waals surface area (Å²) in [6.45, 7) is 3.34. The SMILES string of the molecule is CC(=O)c1ccc(C(C)=O)c(OCc2ccccc2)c1. The summed E-state index contributed by atoms with van der Waals surface area (Å²) >= 11 is 0. The largest absolute Gasteiger partial charge is 0.488 e. The molecule has 0 atom stereocenters. The summed E-state index contributed by atoms with van der Waals surface area (Å²) in [6.07, 6.45) is 0. The third-order valence-corrected chi connectivity index (χ3v) is 3.00. The van der Waals surface area contributed by atoms with Crippen molar-refractivity contribution < 1.29 is 14.3 Å². The molecule has 0 heterocycles. The molecule has 0 saturated heterocycles. The van der Waals surface area contributed by atoms with E-state index in [9.17, 15) is 9.59 Å². The summed E-state index contributed by atoms with van der Waals surface area (Å²) in [5, 5.41) is 0. The normalized spacial score (nSPS) is 10.1. The van der Waals surface area contributed by atoms with E-state index in [2.05, 4.69) is 0 Å². The van der Waals surface area contributed by atoms with Gasteiger partial charge in [-0.05, 0) is 31.5 Å². The van der Waals surface area contributed by atoms with Gasteiger partial charge in [0.2, 0.25) is 0 Å². The molecule has 0 aromatic heterocycles. The highest BCUT2D eigenvalue weighted by Crippen LogP contribution is 2.22. The fourth-order valence-corrected chi connectivity index (χ4v) is 1.89. The zero-order chi connectivity index (χ0) is 14.5. The van der Waals surface area contributed by atoms with Crippen LogP contribution in [-0.2, 0) is 6.61 Å². The highest BCUT2D eigenvalue weighted by molar-refractivity contribution is 6.00. The van der Waals surface area contributed by atoms with Crippen molar-refractivity contribution in [1.29, 1.82) is 0 Å². The van der Waals surface area contributed by atoms with Gasteiger partial charge in [-0.15, -0.1) is 0 Å². The number of ketones is 2. The van der Waals surface area contributed by atoms with Gasteiger partial charge in [-0.2, -0.15) is 0 Å². The van der Waals surface area contributed by atoms with Gasteiger partial charge in [0.25, 0.3) is 0 Å². The predicted octanol–water partition coefficient (Wildman–Crippen LogP) is 3.67. The van der Waals surface area contributed by atoms with E-state index in [1.807, 2.05) is 30.3 Å². The minimum atomic E-state index is -0.0804. The zero-order valence-corrected chi connectivity index (χ0v) is 11.6. The van der Waals surface area contributed by atoms with Crippen LogP contribution in [-0.4, -0.2) is 11.6 Å². The third-order valence-electron chi connectivity index (χ3n) is 3.00. The van der Waals surface area contributed by atoms with E-state index in [-0.39, 0.29) is 11.6 Å². The van der Waals surface area contributed by atoms with Gasteiger partial charge in [-0.3, -0.25) is 9.59 Å². The Morgan fingerprint density at radius 3 is 2.25 bits per heavy atom. The molecule has 2 aromatic carbocycles. The molecule has 2 aromatic rings. The number of rotatable bonds is 5. The summed E-state index contributed by atoms with van der Waals surface area (Å²) in [5.74, 6) is 0.321. The van der Waals surface area contributed by atoms with Crippen molar-refractivity contribution >= 4 is 11.6 Å². The summed E-state index contributed by atoms with van der Waals surface area (Å²) in [7, 11) is 0. The van der Waals surface area contributed by atoms with Crippen LogP contribution in [0.4, 0.5) is 0 Å². The second-order valence-electron chi connectivity index (χ2n) is 4.60. The lowest BCUT2D eigenvalue weighted by atomic mass is 10.1. The summed E-state index contributed by atoms with van der Waals surface area (Å²) < 4.78 is 5.70. The maximum atomic E-state index is 11.6. The Bertz CT molecular complexity index is 630. The molecule has 0 aliphatic rings. The average molecular weight is 268 g/mol. The van der Waals surface area contributed by atoms with Gasteiger partial charge in [-0.1, -0.05) is 36.4 Å². The molecule has 0 N–H and O–H groups in total. The first-order chi connectivity index (χ1) is 9.58. The van der Waals surface area contributed by atoms with Crippen LogP contribution in [0.25, 0.3) is 0 Å². The molecule has 2 rings (SSSR count). The molecular formula is C17H16O3. The van der Waals surface area contributed by atoms with Gasteiger partial charge >= 0.3 is 0 Å². The molecule has 0 aliphatic heterocycles. The van der Waals surface area contributed by atoms with Gasteiger partial charge in [-0.25, -0.2) is 0 Å². The Labute approximate surface area is 118 Å². The van der Waals surface area contributed by atoms with Crippen LogP contribution >= 0.6 is 0 Å². The average Bonchev–Trinajstić information content (AvgIpc) is 2.45. The maximum absolute atomic E-state index is 11.6. The van der Waals surface area contributed by atoms with Crippen LogP contribution in [0, 0.1) is 0 Å². The zero-order valence-electron chi connectivity index (χ0n) is 11.6. The van der Waals surface area contributed by atoms with Gasteiger partial charge < -0.3 is 4.74 Å². The van der Waals surface area contributed by atoms with Crippen LogP contribution in [0.2, 0.25) is 0 Å². The van der Waals surface area contributed by atoms with Crippen molar-refractivity contribution in [2.24, 2.45) is 0 Å². The first-order valence-corrected chi connectivity index (χ1v) is 6.40. The van der Waals surface area contributed by atoms with E-state index in [0.717, 1.165) is 5.56 Å². The lowest BCUT2D eigenvalue weighted by molar-refractivity contribution is 0.0997. The van der Waals surface area contributed by atoms with Gasteiger partial charge in [0.15, 0.2) is 11.6 Å². The number of carbonyl (C=O) groups excluding carboxylic acids is 2. The summed E-state index contributed by atoms with van der Waals surface area (Å²) in [5.41, 5.74) is 2.04. The fourth-order valence-electron chi connectivity index (χ4n) is 1.89. The molecule has 102 valence electrons. The van der Waals surface area contributed by atoms with E-state index in [0.29, 0.717) is 23.5 Å². The molecule has 0 aliphatic carbocycles. The van der Waals surface area contributed by atoms with Crippen molar-refractivity contribution in [1.82, 2.24) is 0 Å². The van der Waals surface area contributed by atoms with Crippen molar-refractivity contribution in [2.45, 2.75) is 20.5 Å². The number of Topliss-reactive ketones (excluding diaryl/α,β-unsaturated/α-hetero) is 2. The summed E-state index contributed by atoms with van der Waals surface area (Å²) in [4.78, 5) is 23.0. The molecular weight excluding hydrogens is 252 g/mol. The van der Waals surface area contributed by atoms with Crippen LogP contribution in [0.15, 0.2) is 48.5 Å². The fraction of sp³-hybridized carbons (Fsp3) is 0.176. The van der Waals surface area contributed by atoms with Gasteiger partial charge in [0, 0.05) is 5.56 Å². The molecule has 0 saturated carbocycles. The smallest absolute Gasteiger partial charge is 0.163 e. The van der Waals surface area contributed by atoms with Crippen molar-refractivity contribution in [3.8, 4) is 5.75 Å². The highest BCUT2D eigenvalue weighted by atomic mass is 16.5. The molecule has 3 heteroatoms. The Morgan fingerprint density at radius 2 is 1.65 bits per heavy atom. The molecule has 0 fully saturated rings. The topological polar surface area (TPSA) is 43.4 Å². The van der Waals surface area contributed by atoms with E-state index in [4.69, 9.17) is 4.74 Å². The van der Waals surface area contributed by atoms with Crippen LogP contribution in [0.1, 0.15) is 40.1 Å². The van der Waals surface area contributed by atoms with E-state index in [1.54, 1.807) is 18.2 Å². The van der Waals surface area contributed by atoms with Gasteiger partial charge in [0.1, 0.15) is 12.4 Å². The number of hydrogen-bond donors (Lipinski definition) is 0. The lowest BCUT2D eigenvalue weighted by Crippen LogP contribution is -2.03. The predicted molar refractivity (Wildman–Crippen MR) is 77.2 cm³/mol. The molecule has 0 amide bonds. The Balaban J connectivity index is 2.26. The minimum Gasteiger partial charge on any atom is -0.488 e. The van der Waals surface area contributed by atoms with E-state index in [1.165, 1.54) is 13.8 Å². The van der Waals surface area contributed by atoms with Gasteiger partial charge in [0.05, 0.1) is 5.56 Å². The Hall–Kier alpha value is -2.42. The van der Waals surface area contributed by atoms with Crippen LogP contribution in [0.5, 0.6) is 5.75 Å². The molecule has 3 nitrogen and oxygen atoms in total. The van der Waals surface area contributed by atoms with E-state index >= 15 is 0 Å². The second-order valence-corrected chi connectivity index (χ2v) is 4.60. The second kappa shape index (κ2) is 6.15.